The van der Waals surface area contributed by atoms with Crippen LogP contribution in [0.4, 0.5) is 0 Å². The third kappa shape index (κ3) is 2.08. The van der Waals surface area contributed by atoms with Gasteiger partial charge in [-0.3, -0.25) is 4.79 Å². The lowest BCUT2D eigenvalue weighted by Gasteiger charge is -2.10. The Hall–Kier alpha value is -1.32. The Morgan fingerprint density at radius 1 is 1.77 bits per heavy atom. The van der Waals surface area contributed by atoms with Gasteiger partial charge < -0.3 is 10.3 Å². The van der Waals surface area contributed by atoms with E-state index in [4.69, 9.17) is 5.73 Å². The van der Waals surface area contributed by atoms with E-state index >= 15 is 0 Å². The van der Waals surface area contributed by atoms with Crippen molar-refractivity contribution in [1.82, 2.24) is 9.55 Å². The molecule has 0 saturated heterocycles. The zero-order valence-electron chi connectivity index (χ0n) is 8.03. The maximum Gasteiger partial charge on any atom is 0.226 e. The predicted molar refractivity (Wildman–Crippen MR) is 50.1 cm³/mol. The van der Waals surface area contributed by atoms with Gasteiger partial charge in [0.2, 0.25) is 5.91 Å². The van der Waals surface area contributed by atoms with Gasteiger partial charge in [0.15, 0.2) is 0 Å². The Morgan fingerprint density at radius 3 is 3.00 bits per heavy atom. The molecule has 4 nitrogen and oxygen atoms in total. The van der Waals surface area contributed by atoms with Gasteiger partial charge in [0.25, 0.3) is 0 Å². The normalized spacial score (nSPS) is 12.8. The second-order valence-electron chi connectivity index (χ2n) is 3.14. The largest absolute Gasteiger partial charge is 0.369 e. The molecule has 1 atom stereocenters. The van der Waals surface area contributed by atoms with Crippen LogP contribution < -0.4 is 5.73 Å². The van der Waals surface area contributed by atoms with Crippen molar-refractivity contribution in [2.75, 3.05) is 0 Å². The number of nitrogens with two attached hydrogens (primary N) is 1. The molecule has 1 rings (SSSR count). The van der Waals surface area contributed by atoms with Gasteiger partial charge in [-0.15, -0.1) is 0 Å². The van der Waals surface area contributed by atoms with E-state index in [1.165, 1.54) is 0 Å². The van der Waals surface area contributed by atoms with Gasteiger partial charge in [-0.1, -0.05) is 6.92 Å². The first-order valence-corrected chi connectivity index (χ1v) is 4.46. The third-order valence-electron chi connectivity index (χ3n) is 2.08. The van der Waals surface area contributed by atoms with Gasteiger partial charge in [-0.05, 0) is 13.3 Å². The first-order chi connectivity index (χ1) is 6.16. The highest BCUT2D eigenvalue weighted by atomic mass is 16.1. The van der Waals surface area contributed by atoms with Crippen molar-refractivity contribution in [3.63, 3.8) is 0 Å². The van der Waals surface area contributed by atoms with Crippen molar-refractivity contribution >= 4 is 5.91 Å². The smallest absolute Gasteiger partial charge is 0.226 e. The van der Waals surface area contributed by atoms with Crippen molar-refractivity contribution in [2.45, 2.75) is 32.7 Å². The molecule has 1 amide bonds. The third-order valence-corrected chi connectivity index (χ3v) is 2.08. The number of imidazole rings is 1. The van der Waals surface area contributed by atoms with Crippen LogP contribution in [0.25, 0.3) is 0 Å². The molecular weight excluding hydrogens is 166 g/mol. The average Bonchev–Trinajstić information content (AvgIpc) is 2.52. The number of aryl methyl sites for hydroxylation is 1. The maximum absolute atomic E-state index is 10.9. The molecule has 0 fully saturated rings. The fourth-order valence-electron chi connectivity index (χ4n) is 1.27. The minimum absolute atomic E-state index is 0.256. The molecule has 0 aliphatic heterocycles. The molecule has 0 aliphatic carbocycles. The van der Waals surface area contributed by atoms with E-state index in [-0.39, 0.29) is 11.8 Å². The SMILES string of the molecule is CCCn1cncc1C(C)C(N)=O. The van der Waals surface area contributed by atoms with Gasteiger partial charge in [-0.2, -0.15) is 0 Å². The lowest BCUT2D eigenvalue weighted by Crippen LogP contribution is -2.21. The highest BCUT2D eigenvalue weighted by Gasteiger charge is 2.15. The molecule has 13 heavy (non-hydrogen) atoms. The minimum atomic E-state index is -0.308. The summed E-state index contributed by atoms with van der Waals surface area (Å²) in [5.41, 5.74) is 6.11. The van der Waals surface area contributed by atoms with Crippen LogP contribution in [-0.2, 0) is 11.3 Å². The Labute approximate surface area is 77.8 Å². The molecule has 0 aromatic carbocycles. The highest BCUT2D eigenvalue weighted by molar-refractivity contribution is 5.80. The van der Waals surface area contributed by atoms with Crippen molar-refractivity contribution in [2.24, 2.45) is 5.73 Å². The highest BCUT2D eigenvalue weighted by Crippen LogP contribution is 2.14. The number of aromatic nitrogens is 2. The van der Waals surface area contributed by atoms with E-state index in [2.05, 4.69) is 11.9 Å². The Balaban J connectivity index is 2.86. The summed E-state index contributed by atoms with van der Waals surface area (Å²) < 4.78 is 1.97. The van der Waals surface area contributed by atoms with E-state index < -0.39 is 0 Å². The summed E-state index contributed by atoms with van der Waals surface area (Å²) in [5, 5.41) is 0. The number of rotatable bonds is 4. The van der Waals surface area contributed by atoms with Crippen LogP contribution in [0.3, 0.4) is 0 Å². The van der Waals surface area contributed by atoms with Gasteiger partial charge in [0.05, 0.1) is 12.2 Å². The van der Waals surface area contributed by atoms with Crippen molar-refractivity contribution < 1.29 is 4.79 Å². The molecule has 0 aliphatic rings. The van der Waals surface area contributed by atoms with Crippen molar-refractivity contribution in [3.8, 4) is 0 Å². The summed E-state index contributed by atoms with van der Waals surface area (Å²) in [5.74, 6) is -0.563. The molecule has 1 aromatic heterocycles. The second kappa shape index (κ2) is 4.07. The standard InChI is InChI=1S/C9H15N3O/c1-3-4-12-6-11-5-8(12)7(2)9(10)13/h5-7H,3-4H2,1-2H3,(H2,10,13). The lowest BCUT2D eigenvalue weighted by molar-refractivity contribution is -0.119. The van der Waals surface area contributed by atoms with Crippen molar-refractivity contribution in [1.29, 1.82) is 0 Å². The Kier molecular flexibility index (Phi) is 3.06. The zero-order valence-corrected chi connectivity index (χ0v) is 8.03. The van der Waals surface area contributed by atoms with E-state index in [0.29, 0.717) is 0 Å². The van der Waals surface area contributed by atoms with E-state index in [1.807, 2.05) is 4.57 Å². The average molecular weight is 181 g/mol. The molecule has 1 aromatic rings. The molecule has 0 saturated carbocycles. The molecule has 4 heteroatoms. The van der Waals surface area contributed by atoms with Crippen LogP contribution >= 0.6 is 0 Å². The summed E-state index contributed by atoms with van der Waals surface area (Å²) >= 11 is 0. The van der Waals surface area contributed by atoms with E-state index in [1.54, 1.807) is 19.4 Å². The van der Waals surface area contributed by atoms with E-state index in [0.717, 1.165) is 18.7 Å². The maximum atomic E-state index is 10.9. The summed E-state index contributed by atoms with van der Waals surface area (Å²) in [4.78, 5) is 14.9. The lowest BCUT2D eigenvalue weighted by atomic mass is 10.1. The molecular formula is C9H15N3O. The first kappa shape index (κ1) is 9.77. The quantitative estimate of drug-likeness (QED) is 0.749. The molecule has 1 heterocycles. The van der Waals surface area contributed by atoms with Gasteiger partial charge >= 0.3 is 0 Å². The molecule has 1 unspecified atom stereocenters. The fraction of sp³-hybridized carbons (Fsp3) is 0.556. The zero-order chi connectivity index (χ0) is 9.84. The fourth-order valence-corrected chi connectivity index (χ4v) is 1.27. The van der Waals surface area contributed by atoms with Crippen LogP contribution in [0.1, 0.15) is 31.9 Å². The van der Waals surface area contributed by atoms with E-state index in [9.17, 15) is 4.79 Å². The summed E-state index contributed by atoms with van der Waals surface area (Å²) in [6, 6.07) is 0. The molecule has 0 spiro atoms. The first-order valence-electron chi connectivity index (χ1n) is 4.46. The number of amides is 1. The van der Waals surface area contributed by atoms with Crippen LogP contribution in [0, 0.1) is 0 Å². The second-order valence-corrected chi connectivity index (χ2v) is 3.14. The molecule has 0 radical (unpaired) electrons. The number of hydrogen-bond acceptors (Lipinski definition) is 2. The molecule has 2 N–H and O–H groups in total. The summed E-state index contributed by atoms with van der Waals surface area (Å²) in [7, 11) is 0. The molecule has 72 valence electrons. The topological polar surface area (TPSA) is 60.9 Å². The number of hydrogen-bond donors (Lipinski definition) is 1. The minimum Gasteiger partial charge on any atom is -0.369 e. The van der Waals surface area contributed by atoms with Crippen LogP contribution in [0.5, 0.6) is 0 Å². The van der Waals surface area contributed by atoms with Crippen LogP contribution in [0.15, 0.2) is 12.5 Å². The van der Waals surface area contributed by atoms with Crippen molar-refractivity contribution in [3.05, 3.63) is 18.2 Å². The number of primary amides is 1. The van der Waals surface area contributed by atoms with Gasteiger partial charge in [0, 0.05) is 18.4 Å². The van der Waals surface area contributed by atoms with Gasteiger partial charge in [0.1, 0.15) is 0 Å². The number of nitrogens with zero attached hydrogens (tertiary/aromatic N) is 2. The number of carbonyl (C=O) groups excluding carboxylic acids is 1. The Morgan fingerprint density at radius 2 is 2.46 bits per heavy atom. The Bertz CT molecular complexity index is 293. The van der Waals surface area contributed by atoms with Crippen LogP contribution in [-0.4, -0.2) is 15.5 Å². The monoisotopic (exact) mass is 181 g/mol. The van der Waals surface area contributed by atoms with Gasteiger partial charge in [-0.25, -0.2) is 4.98 Å². The predicted octanol–water partition coefficient (Wildman–Crippen LogP) is 0.882. The van der Waals surface area contributed by atoms with Crippen LogP contribution in [0.2, 0.25) is 0 Å². The summed E-state index contributed by atoms with van der Waals surface area (Å²) in [6.45, 7) is 4.76. The summed E-state index contributed by atoms with van der Waals surface area (Å²) in [6.07, 6.45) is 4.46. The number of carbonyl (C=O) groups is 1. The molecule has 0 bridgehead atoms.